The summed E-state index contributed by atoms with van der Waals surface area (Å²) in [5.74, 6) is -51.4. The molecule has 0 saturated carbocycles. The van der Waals surface area contributed by atoms with Crippen molar-refractivity contribution in [2.45, 2.75) is 47.1 Å². The molecule has 0 spiro atoms. The van der Waals surface area contributed by atoms with Crippen LogP contribution in [0.2, 0.25) is 0 Å². The molecule has 4 rings (SSSR count). The highest BCUT2D eigenvalue weighted by molar-refractivity contribution is 6.07. The lowest BCUT2D eigenvalue weighted by atomic mass is 9.65. The number of likely N-dealkylation sites (tertiary alicyclic amines) is 1. The number of phenolic OH excluding ortho intramolecular Hbond substituents is 7. The summed E-state index contributed by atoms with van der Waals surface area (Å²) in [6.07, 6.45) is -1.37. The van der Waals surface area contributed by atoms with Gasteiger partial charge in [0.2, 0.25) is 40.1 Å². The van der Waals surface area contributed by atoms with Crippen LogP contribution in [0.4, 0.5) is 0 Å². The van der Waals surface area contributed by atoms with Gasteiger partial charge in [-0.15, -0.1) is 4.90 Å². The second-order valence-corrected chi connectivity index (χ2v) is 10.9. The van der Waals surface area contributed by atoms with Gasteiger partial charge in [-0.2, -0.15) is 0 Å². The molecule has 1 unspecified atom stereocenters. The smallest absolute Gasteiger partial charge is 0.294 e. The van der Waals surface area contributed by atoms with Gasteiger partial charge in [0.1, 0.15) is 5.56 Å². The number of fused-ring (bicyclic) bond motifs is 1. The summed E-state index contributed by atoms with van der Waals surface area (Å²) in [5, 5.41) is 213. The molecule has 1 aliphatic carbocycles. The highest BCUT2D eigenvalue weighted by Gasteiger charge is 2.92. The zero-order valence-electron chi connectivity index (χ0n) is 23.9. The Labute approximate surface area is 263 Å². The summed E-state index contributed by atoms with van der Waals surface area (Å²) in [6, 6.07) is 0. The Kier molecular flexibility index (Phi) is 7.72. The minimum atomic E-state index is -5.67. The molecular weight excluding hydrogens is 670 g/mol. The van der Waals surface area contributed by atoms with Gasteiger partial charge in [0.25, 0.3) is 29.3 Å². The zero-order valence-corrected chi connectivity index (χ0v) is 23.9. The lowest BCUT2D eigenvalue weighted by Crippen LogP contribution is -2.99. The molecule has 1 saturated heterocycles. The number of hydrogen-bond acceptors (Lipinski definition) is 24. The Morgan fingerprint density at radius 1 is 0.625 bits per heavy atom. The summed E-state index contributed by atoms with van der Waals surface area (Å²) >= 11 is 0. The van der Waals surface area contributed by atoms with Crippen LogP contribution >= 0.6 is 0 Å². The average Bonchev–Trinajstić information content (AvgIpc) is 3.32. The number of aromatic hydroxyl groups is 7. The largest absolute Gasteiger partial charge is 0.504 e. The average molecular weight is 699 g/mol. The molecule has 268 valence electrons. The first-order valence-electron chi connectivity index (χ1n) is 12.7. The van der Waals surface area contributed by atoms with E-state index in [0.717, 1.165) is 14.2 Å². The van der Waals surface area contributed by atoms with Crippen LogP contribution < -0.4 is 9.47 Å². The summed E-state index contributed by atoms with van der Waals surface area (Å²) in [7, 11) is 1.84. The van der Waals surface area contributed by atoms with Gasteiger partial charge in [0.05, 0.1) is 25.7 Å². The van der Waals surface area contributed by atoms with Gasteiger partial charge in [-0.1, -0.05) is 0 Å². The lowest BCUT2D eigenvalue weighted by molar-refractivity contribution is -0.646. The first-order valence-corrected chi connectivity index (χ1v) is 12.7. The lowest BCUT2D eigenvalue weighted by Gasteiger charge is -2.66. The topological polar surface area (TPSA) is 443 Å². The van der Waals surface area contributed by atoms with Crippen molar-refractivity contribution in [1.29, 1.82) is 0 Å². The number of methoxy groups -OCH3 is 2. The molecule has 48 heavy (non-hydrogen) atoms. The molecule has 1 fully saturated rings. The fourth-order valence-corrected chi connectivity index (χ4v) is 5.94. The predicted octanol–water partition coefficient (Wildman–Crippen LogP) is -7.84. The third-order valence-corrected chi connectivity index (χ3v) is 8.44. The fraction of sp³-hybridized carbons (Fsp3) is 0.458. The Morgan fingerprint density at radius 2 is 1.00 bits per heavy atom. The first kappa shape index (κ1) is 36.6. The second-order valence-electron chi connectivity index (χ2n) is 10.9. The van der Waals surface area contributed by atoms with E-state index < -0.39 is 132 Å². The van der Waals surface area contributed by atoms with E-state index in [9.17, 15) is 107 Å². The number of nitrogens with zero attached hydrogens (tertiary/aromatic N) is 1. The Bertz CT molecular complexity index is 1650. The number of phenols is 7. The maximum Gasteiger partial charge on any atom is 0.294 e. The maximum atomic E-state index is 13.4. The zero-order chi connectivity index (χ0) is 37.3. The molecule has 0 amide bonds. The Hall–Kier alpha value is -4.25. The molecule has 0 radical (unpaired) electrons. The molecule has 2 aromatic rings. The summed E-state index contributed by atoms with van der Waals surface area (Å²) < 4.78 is 9.69. The number of hydrogen-bond donors (Lipinski definition) is 20. The van der Waals surface area contributed by atoms with Gasteiger partial charge in [0, 0.05) is 5.56 Å². The third-order valence-electron chi connectivity index (χ3n) is 8.44. The van der Waals surface area contributed by atoms with Crippen molar-refractivity contribution in [1.82, 2.24) is 4.90 Å². The van der Waals surface area contributed by atoms with Crippen molar-refractivity contribution in [2.75, 3.05) is 14.2 Å². The van der Waals surface area contributed by atoms with Crippen LogP contribution in [0.3, 0.4) is 0 Å². The van der Waals surface area contributed by atoms with Crippen molar-refractivity contribution in [3.05, 3.63) is 16.7 Å². The molecule has 24 nitrogen and oxygen atoms in total. The van der Waals surface area contributed by atoms with Gasteiger partial charge in [-0.25, -0.2) is 0 Å². The van der Waals surface area contributed by atoms with E-state index in [0.29, 0.717) is 0 Å². The highest BCUT2D eigenvalue weighted by Crippen LogP contribution is 2.62. The molecule has 24 heteroatoms. The summed E-state index contributed by atoms with van der Waals surface area (Å²) in [5.41, 5.74) is -9.77. The number of Topliss-reactive ketones (excluding diaryl/α,β-unsaturated/α-hetero) is 1. The number of benzene rings is 2. The van der Waals surface area contributed by atoms with Crippen molar-refractivity contribution in [2.24, 2.45) is 5.92 Å². The SMILES string of the molecule is COc1c(O)c2c(c(O)c1OC)C(=O)C(C(O)(O)C1(O)C(O)(O)C(O)(O)N(C(O)(O)c3c(O)c(O)c(O)c(O)c3O)C(O)(O)C1(O)O)C2. The van der Waals surface area contributed by atoms with E-state index >= 15 is 0 Å². The van der Waals surface area contributed by atoms with Crippen LogP contribution in [0.25, 0.3) is 0 Å². The first-order chi connectivity index (χ1) is 21.5. The van der Waals surface area contributed by atoms with E-state index in [-0.39, 0.29) is 0 Å². The highest BCUT2D eigenvalue weighted by atomic mass is 16.7. The fourth-order valence-electron chi connectivity index (χ4n) is 5.94. The minimum absolute atomic E-state index is 0.678. The van der Waals surface area contributed by atoms with Crippen LogP contribution in [0, 0.1) is 5.92 Å². The number of rotatable bonds is 6. The Balaban J connectivity index is 2.00. The quantitative estimate of drug-likeness (QED) is 0.0756. The molecule has 0 aromatic heterocycles. The van der Waals surface area contributed by atoms with E-state index in [2.05, 4.69) is 0 Å². The number of carbonyl (C=O) groups is 1. The van der Waals surface area contributed by atoms with E-state index in [1.54, 1.807) is 0 Å². The monoisotopic (exact) mass is 699 g/mol. The maximum absolute atomic E-state index is 13.4. The number of piperidine rings is 1. The molecule has 2 aromatic carbocycles. The van der Waals surface area contributed by atoms with Gasteiger partial charge in [-0.3, -0.25) is 4.79 Å². The van der Waals surface area contributed by atoms with E-state index in [1.807, 2.05) is 0 Å². The van der Waals surface area contributed by atoms with Crippen LogP contribution in [0.15, 0.2) is 0 Å². The van der Waals surface area contributed by atoms with Gasteiger partial charge in [-0.05, 0) is 6.42 Å². The van der Waals surface area contributed by atoms with Crippen molar-refractivity contribution in [3.8, 4) is 51.7 Å². The van der Waals surface area contributed by atoms with Gasteiger partial charge in [0.15, 0.2) is 28.8 Å². The normalized spacial score (nSPS) is 22.7. The van der Waals surface area contributed by atoms with Crippen LogP contribution in [-0.2, 0) is 12.3 Å². The molecule has 20 N–H and O–H groups in total. The number of ether oxygens (including phenoxy) is 2. The van der Waals surface area contributed by atoms with E-state index in [1.165, 1.54) is 0 Å². The van der Waals surface area contributed by atoms with Gasteiger partial charge >= 0.3 is 0 Å². The predicted molar refractivity (Wildman–Crippen MR) is 138 cm³/mol. The van der Waals surface area contributed by atoms with Gasteiger partial charge < -0.3 is 112 Å². The summed E-state index contributed by atoms with van der Waals surface area (Å²) in [4.78, 5) is 11.5. The van der Waals surface area contributed by atoms with Crippen molar-refractivity contribution < 1.29 is 116 Å². The minimum Gasteiger partial charge on any atom is -0.504 e. The second kappa shape index (κ2) is 10.1. The molecule has 1 aliphatic heterocycles. The van der Waals surface area contributed by atoms with Crippen LogP contribution in [-0.4, -0.2) is 162 Å². The van der Waals surface area contributed by atoms with Crippen molar-refractivity contribution >= 4 is 5.78 Å². The molecule has 0 bridgehead atoms. The molecular formula is C24H29NO23. The molecule has 1 atom stereocenters. The number of carbonyl (C=O) groups excluding carboxylic acids is 1. The van der Waals surface area contributed by atoms with Crippen LogP contribution in [0.5, 0.6) is 51.7 Å². The van der Waals surface area contributed by atoms with Crippen molar-refractivity contribution in [3.63, 3.8) is 0 Å². The summed E-state index contributed by atoms with van der Waals surface area (Å²) in [6.45, 7) is 0. The Morgan fingerprint density at radius 3 is 1.40 bits per heavy atom. The van der Waals surface area contributed by atoms with E-state index in [4.69, 9.17) is 9.47 Å². The van der Waals surface area contributed by atoms with Crippen LogP contribution in [0.1, 0.15) is 21.5 Å². The standard InChI is InChI=1S/C24H29NO23/c1-47-16-8(26)4-3-5(9(27)6(4)10(28)17(16)48-2)18(34,35)20(38)21(39,40)23(43,44)25(24(45,46)22(20,41)42)19(36,37)7-11(29)13(31)15(33)14(32)12(7)30/h5,26,28-46H,3H2,1-2H3. The number of ketones is 1. The molecule has 1 heterocycles. The number of aliphatic hydroxyl groups is 13. The molecule has 2 aliphatic rings. The third kappa shape index (κ3) is 3.82.